The van der Waals surface area contributed by atoms with Gasteiger partial charge in [0, 0.05) is 19.1 Å². The monoisotopic (exact) mass is 212 g/mol. The number of hydrogen-bond acceptors (Lipinski definition) is 3. The van der Waals surface area contributed by atoms with Crippen LogP contribution in [0, 0.1) is 0 Å². The molecule has 6 heteroatoms. The molecular weight excluding hydrogens is 197 g/mol. The lowest BCUT2D eigenvalue weighted by Crippen LogP contribution is -2.43. The second-order valence-electron chi connectivity index (χ2n) is 3.32. The zero-order chi connectivity index (χ0) is 10.6. The lowest BCUT2D eigenvalue weighted by molar-refractivity contribution is -0.253. The third kappa shape index (κ3) is 3.11. The van der Waals surface area contributed by atoms with Gasteiger partial charge in [0.05, 0.1) is 13.2 Å². The molecule has 2 N–H and O–H groups in total. The van der Waals surface area contributed by atoms with Gasteiger partial charge >= 0.3 is 6.30 Å². The van der Waals surface area contributed by atoms with Crippen molar-refractivity contribution in [2.75, 3.05) is 26.3 Å². The second kappa shape index (κ2) is 4.95. The van der Waals surface area contributed by atoms with Gasteiger partial charge in [-0.25, -0.2) is 4.90 Å². The molecule has 1 heterocycles. The molecule has 1 saturated heterocycles. The highest BCUT2D eigenvalue weighted by molar-refractivity contribution is 4.80. The molecule has 0 aromatic carbocycles. The summed E-state index contributed by atoms with van der Waals surface area (Å²) in [6.07, 6.45) is -3.10. The van der Waals surface area contributed by atoms with Crippen molar-refractivity contribution in [1.29, 1.82) is 0 Å². The summed E-state index contributed by atoms with van der Waals surface area (Å²) in [4.78, 5) is 0.545. The molecule has 14 heavy (non-hydrogen) atoms. The zero-order valence-corrected chi connectivity index (χ0v) is 7.89. The first-order valence-corrected chi connectivity index (χ1v) is 4.67. The molecular formula is C8H15F3N2O. The first-order chi connectivity index (χ1) is 6.55. The van der Waals surface area contributed by atoms with E-state index in [9.17, 15) is 13.2 Å². The van der Waals surface area contributed by atoms with Gasteiger partial charge in [0.15, 0.2) is 0 Å². The van der Waals surface area contributed by atoms with E-state index in [2.05, 4.69) is 0 Å². The Balaban J connectivity index is 2.36. The molecule has 0 radical (unpaired) electrons. The lowest BCUT2D eigenvalue weighted by atomic mass is 10.2. The topological polar surface area (TPSA) is 38.5 Å². The number of hydrogen-bond donors (Lipinski definition) is 1. The summed E-state index contributed by atoms with van der Waals surface area (Å²) in [7, 11) is 0. The molecule has 0 unspecified atom stereocenters. The van der Waals surface area contributed by atoms with Crippen molar-refractivity contribution >= 4 is 0 Å². The molecule has 84 valence electrons. The van der Waals surface area contributed by atoms with Crippen LogP contribution in [-0.2, 0) is 4.74 Å². The smallest absolute Gasteiger partial charge is 0.379 e. The fraction of sp³-hybridized carbons (Fsp3) is 1.00. The molecule has 1 aliphatic rings. The molecule has 0 amide bonds. The Bertz CT molecular complexity index is 174. The second-order valence-corrected chi connectivity index (χ2v) is 3.32. The van der Waals surface area contributed by atoms with Crippen LogP contribution >= 0.6 is 0 Å². The minimum absolute atomic E-state index is 0.0835. The van der Waals surface area contributed by atoms with E-state index >= 15 is 0 Å². The maximum atomic E-state index is 12.4. The van der Waals surface area contributed by atoms with Crippen molar-refractivity contribution in [3.63, 3.8) is 0 Å². The van der Waals surface area contributed by atoms with Gasteiger partial charge < -0.3 is 10.5 Å². The van der Waals surface area contributed by atoms with E-state index < -0.39 is 12.3 Å². The van der Waals surface area contributed by atoms with Crippen LogP contribution in [-0.4, -0.2) is 43.5 Å². The highest BCUT2D eigenvalue weighted by Crippen LogP contribution is 2.30. The van der Waals surface area contributed by atoms with E-state index in [4.69, 9.17) is 10.5 Å². The first kappa shape index (κ1) is 11.7. The lowest BCUT2D eigenvalue weighted by Gasteiger charge is -2.26. The summed E-state index contributed by atoms with van der Waals surface area (Å²) in [6.45, 7) is 0.873. The molecule has 1 rings (SSSR count). The van der Waals surface area contributed by atoms with Crippen molar-refractivity contribution in [1.82, 2.24) is 4.90 Å². The van der Waals surface area contributed by atoms with Crippen LogP contribution in [0.2, 0.25) is 0 Å². The molecule has 0 aromatic rings. The van der Waals surface area contributed by atoms with Crippen LogP contribution in [0.15, 0.2) is 0 Å². The summed E-state index contributed by atoms with van der Waals surface area (Å²) in [5.74, 6) is 0. The van der Waals surface area contributed by atoms with E-state index in [1.807, 2.05) is 0 Å². The molecule has 1 fully saturated rings. The fourth-order valence-electron chi connectivity index (χ4n) is 1.65. The third-order valence-electron chi connectivity index (χ3n) is 2.28. The van der Waals surface area contributed by atoms with Crippen molar-refractivity contribution in [3.05, 3.63) is 0 Å². The van der Waals surface area contributed by atoms with Crippen LogP contribution in [0.4, 0.5) is 13.2 Å². The maximum Gasteiger partial charge on any atom is 0.460 e. The Morgan fingerprint density at radius 1 is 1.43 bits per heavy atom. The summed E-state index contributed by atoms with van der Waals surface area (Å²) >= 11 is 0. The van der Waals surface area contributed by atoms with Crippen molar-refractivity contribution in [2.45, 2.75) is 25.2 Å². The van der Waals surface area contributed by atoms with Gasteiger partial charge in [-0.3, -0.25) is 0 Å². The van der Waals surface area contributed by atoms with Crippen LogP contribution in [0.3, 0.4) is 0 Å². The molecule has 0 saturated carbocycles. The summed E-state index contributed by atoms with van der Waals surface area (Å²) in [5, 5.41) is 0. The Morgan fingerprint density at radius 3 is 2.71 bits per heavy atom. The van der Waals surface area contributed by atoms with E-state index in [0.29, 0.717) is 30.9 Å². The molecule has 3 nitrogen and oxygen atoms in total. The summed E-state index contributed by atoms with van der Waals surface area (Å²) in [5.41, 5.74) is 5.17. The third-order valence-corrected chi connectivity index (χ3v) is 2.28. The predicted octanol–water partition coefficient (Wildman–Crippen LogP) is 0.946. The van der Waals surface area contributed by atoms with E-state index in [1.54, 1.807) is 0 Å². The zero-order valence-electron chi connectivity index (χ0n) is 7.89. The van der Waals surface area contributed by atoms with Gasteiger partial charge in [0.2, 0.25) is 0 Å². The van der Waals surface area contributed by atoms with Gasteiger partial charge in [0.25, 0.3) is 0 Å². The van der Waals surface area contributed by atoms with Gasteiger partial charge in [-0.1, -0.05) is 0 Å². The number of ether oxygens (including phenoxy) is 1. The number of nitrogens with two attached hydrogens (primary N) is 1. The molecule has 0 bridgehead atoms. The van der Waals surface area contributed by atoms with Gasteiger partial charge in [-0.05, 0) is 12.8 Å². The van der Waals surface area contributed by atoms with Gasteiger partial charge in [-0.15, -0.1) is 0 Å². The minimum atomic E-state index is -4.23. The average molecular weight is 212 g/mol. The highest BCUT2D eigenvalue weighted by Gasteiger charge is 2.44. The molecule has 0 aliphatic carbocycles. The number of rotatable bonds is 4. The average Bonchev–Trinajstić information content (AvgIpc) is 2.52. The molecule has 1 atom stereocenters. The van der Waals surface area contributed by atoms with Gasteiger partial charge in [-0.2, -0.15) is 13.2 Å². The number of alkyl halides is 3. The van der Waals surface area contributed by atoms with E-state index in [1.165, 1.54) is 0 Å². The Hall–Kier alpha value is -0.330. The largest absolute Gasteiger partial charge is 0.460 e. The molecule has 0 spiro atoms. The van der Waals surface area contributed by atoms with Crippen LogP contribution in [0.1, 0.15) is 12.8 Å². The number of halogens is 3. The van der Waals surface area contributed by atoms with Crippen LogP contribution < -0.4 is 5.73 Å². The van der Waals surface area contributed by atoms with Crippen molar-refractivity contribution in [2.24, 2.45) is 5.73 Å². The predicted molar refractivity (Wildman–Crippen MR) is 45.7 cm³/mol. The summed E-state index contributed by atoms with van der Waals surface area (Å²) < 4.78 is 42.1. The Kier molecular flexibility index (Phi) is 4.15. The van der Waals surface area contributed by atoms with Crippen molar-refractivity contribution < 1.29 is 17.9 Å². The summed E-state index contributed by atoms with van der Waals surface area (Å²) in [6, 6.07) is -0.526. The minimum Gasteiger partial charge on any atom is -0.379 e. The standard InChI is InChI=1S/C8H15F3N2O/c9-8(10,11)13-4-1-2-7(13)6-14-5-3-12/h7H,1-6,12H2/t7-/m1/s1. The molecule has 1 aliphatic heterocycles. The first-order valence-electron chi connectivity index (χ1n) is 4.67. The van der Waals surface area contributed by atoms with E-state index in [0.717, 1.165) is 0 Å². The number of nitrogens with zero attached hydrogens (tertiary/aromatic N) is 1. The Labute approximate surface area is 81.0 Å². The maximum absolute atomic E-state index is 12.4. The van der Waals surface area contributed by atoms with Crippen LogP contribution in [0.5, 0.6) is 0 Å². The van der Waals surface area contributed by atoms with Gasteiger partial charge in [0.1, 0.15) is 0 Å². The Morgan fingerprint density at radius 2 is 2.14 bits per heavy atom. The SMILES string of the molecule is NCCOC[C@H]1CCCN1C(F)(F)F. The van der Waals surface area contributed by atoms with Crippen LogP contribution in [0.25, 0.3) is 0 Å². The van der Waals surface area contributed by atoms with Crippen molar-refractivity contribution in [3.8, 4) is 0 Å². The van der Waals surface area contributed by atoms with E-state index in [-0.39, 0.29) is 13.2 Å². The highest BCUT2D eigenvalue weighted by atomic mass is 19.4. The normalized spacial score (nSPS) is 24.4. The quantitative estimate of drug-likeness (QED) is 0.557. The number of likely N-dealkylation sites (tertiary alicyclic amines) is 1. The molecule has 0 aromatic heterocycles. The fourth-order valence-corrected chi connectivity index (χ4v) is 1.65.